The van der Waals surface area contributed by atoms with Crippen LogP contribution >= 0.6 is 0 Å². The average Bonchev–Trinajstić information content (AvgIpc) is 2.35. The summed E-state index contributed by atoms with van der Waals surface area (Å²) in [5, 5.41) is 0. The highest BCUT2D eigenvalue weighted by molar-refractivity contribution is 5.98. The molecular formula is C15H23F3OSi. The lowest BCUT2D eigenvalue weighted by atomic mass is 9.99. The van der Waals surface area contributed by atoms with Crippen LogP contribution < -0.4 is 0 Å². The Labute approximate surface area is 122 Å². The summed E-state index contributed by atoms with van der Waals surface area (Å²) in [4.78, 5) is 0. The molecule has 0 aliphatic rings. The van der Waals surface area contributed by atoms with E-state index in [-0.39, 0.29) is 11.2 Å². The van der Waals surface area contributed by atoms with Crippen LogP contribution in [0.2, 0.25) is 0 Å². The average molecular weight is 304 g/mol. The van der Waals surface area contributed by atoms with Gasteiger partial charge in [-0.2, -0.15) is 0 Å². The monoisotopic (exact) mass is 304 g/mol. The topological polar surface area (TPSA) is 9.23 Å². The first-order valence-corrected chi connectivity index (χ1v) is 7.86. The summed E-state index contributed by atoms with van der Waals surface area (Å²) in [5.41, 5.74) is -0.0592. The van der Waals surface area contributed by atoms with Crippen LogP contribution in [-0.4, -0.2) is 16.1 Å². The van der Waals surface area contributed by atoms with Gasteiger partial charge in [-0.3, -0.25) is 0 Å². The zero-order valence-corrected chi connectivity index (χ0v) is 14.4. The first-order valence-electron chi connectivity index (χ1n) is 7.04. The highest BCUT2D eigenvalue weighted by Crippen LogP contribution is 2.20. The molecule has 0 atom stereocenters. The van der Waals surface area contributed by atoms with Crippen LogP contribution in [0, 0.1) is 17.5 Å². The van der Waals surface area contributed by atoms with Crippen molar-refractivity contribution in [3.05, 3.63) is 35.1 Å². The Morgan fingerprint density at radius 3 is 2.10 bits per heavy atom. The van der Waals surface area contributed by atoms with Crippen LogP contribution in [0.4, 0.5) is 13.2 Å². The zero-order valence-electron chi connectivity index (χ0n) is 12.4. The molecule has 0 aromatic heterocycles. The van der Waals surface area contributed by atoms with Crippen LogP contribution in [0.25, 0.3) is 0 Å². The summed E-state index contributed by atoms with van der Waals surface area (Å²) >= 11 is 0. The third-order valence-electron chi connectivity index (χ3n) is 3.61. The lowest BCUT2D eigenvalue weighted by Gasteiger charge is -2.23. The summed E-state index contributed by atoms with van der Waals surface area (Å²) in [6, 6.07) is 1.48. The van der Waals surface area contributed by atoms with Gasteiger partial charge in [0.25, 0.3) is 0 Å². The van der Waals surface area contributed by atoms with Gasteiger partial charge in [-0.25, -0.2) is 13.2 Å². The van der Waals surface area contributed by atoms with Crippen LogP contribution in [0.5, 0.6) is 0 Å². The fourth-order valence-corrected chi connectivity index (χ4v) is 2.32. The Hall–Kier alpha value is -0.813. The van der Waals surface area contributed by atoms with E-state index in [4.69, 9.17) is 4.43 Å². The quantitative estimate of drug-likeness (QED) is 0.526. The zero-order chi connectivity index (χ0) is 15.2. The van der Waals surface area contributed by atoms with E-state index >= 15 is 0 Å². The summed E-state index contributed by atoms with van der Waals surface area (Å²) in [6.07, 6.45) is 4.99. The maximum Gasteiger partial charge on any atom is 0.146 e. The van der Waals surface area contributed by atoms with Gasteiger partial charge in [0.15, 0.2) is 0 Å². The summed E-state index contributed by atoms with van der Waals surface area (Å²) in [6.45, 7) is 4.15. The van der Waals surface area contributed by atoms with Gasteiger partial charge in [0.05, 0.1) is 0 Å². The smallest absolute Gasteiger partial charge is 0.146 e. The van der Waals surface area contributed by atoms with Crippen LogP contribution in [0.15, 0.2) is 12.1 Å². The molecule has 5 heteroatoms. The van der Waals surface area contributed by atoms with Crippen molar-refractivity contribution in [3.63, 3.8) is 0 Å². The molecule has 0 spiro atoms. The lowest BCUT2D eigenvalue weighted by molar-refractivity contribution is 0.109. The van der Waals surface area contributed by atoms with E-state index < -0.39 is 17.5 Å². The Bertz CT molecular complexity index is 412. The molecule has 0 N–H and O–H groups in total. The molecule has 0 heterocycles. The normalized spacial score (nSPS) is 12.1. The van der Waals surface area contributed by atoms with Crippen molar-refractivity contribution in [2.24, 2.45) is 0 Å². The SMILES string of the molecule is CC(C)(CCCCCCc1c(F)cc(F)cc1F)O[SiH3]. The Morgan fingerprint density at radius 1 is 1.00 bits per heavy atom. The third kappa shape index (κ3) is 5.67. The lowest BCUT2D eigenvalue weighted by Crippen LogP contribution is -2.22. The molecule has 114 valence electrons. The van der Waals surface area contributed by atoms with Gasteiger partial charge >= 0.3 is 0 Å². The Kier molecular flexibility index (Phi) is 6.75. The van der Waals surface area contributed by atoms with Crippen molar-refractivity contribution in [2.45, 2.75) is 58.0 Å². The van der Waals surface area contributed by atoms with E-state index in [9.17, 15) is 13.2 Å². The minimum atomic E-state index is -0.867. The van der Waals surface area contributed by atoms with Gasteiger partial charge in [-0.1, -0.05) is 19.3 Å². The molecular weight excluding hydrogens is 281 g/mol. The molecule has 0 aliphatic heterocycles. The van der Waals surface area contributed by atoms with E-state index in [0.717, 1.165) is 48.3 Å². The van der Waals surface area contributed by atoms with Gasteiger partial charge in [0, 0.05) is 23.3 Å². The fourth-order valence-electron chi connectivity index (χ4n) is 2.12. The van der Waals surface area contributed by atoms with Crippen molar-refractivity contribution < 1.29 is 17.6 Å². The van der Waals surface area contributed by atoms with Gasteiger partial charge in [0.1, 0.15) is 27.9 Å². The Balaban J connectivity index is 2.29. The summed E-state index contributed by atoms with van der Waals surface area (Å²) < 4.78 is 45.0. The third-order valence-corrected chi connectivity index (χ3v) is 4.72. The second-order valence-electron chi connectivity index (χ2n) is 5.73. The van der Waals surface area contributed by atoms with Crippen molar-refractivity contribution in [1.82, 2.24) is 0 Å². The molecule has 1 nitrogen and oxygen atoms in total. The minimum Gasteiger partial charge on any atom is -0.423 e. The van der Waals surface area contributed by atoms with Crippen molar-refractivity contribution in [1.29, 1.82) is 0 Å². The largest absolute Gasteiger partial charge is 0.423 e. The van der Waals surface area contributed by atoms with Gasteiger partial charge in [-0.15, -0.1) is 0 Å². The van der Waals surface area contributed by atoms with Crippen LogP contribution in [0.1, 0.15) is 51.5 Å². The first-order chi connectivity index (χ1) is 9.35. The molecule has 0 amide bonds. The van der Waals surface area contributed by atoms with Crippen molar-refractivity contribution in [3.8, 4) is 0 Å². The molecule has 0 aliphatic carbocycles. The standard InChI is InChI=1S/C15H23F3OSi/c1-15(2,19-20)8-6-4-3-5-7-12-13(17)9-11(16)10-14(12)18/h9-10H,3-8H2,1-2,20H3. The maximum atomic E-state index is 13.4. The van der Waals surface area contributed by atoms with Crippen LogP contribution in [-0.2, 0) is 10.8 Å². The summed E-state index contributed by atoms with van der Waals surface area (Å²) in [5.74, 6) is -2.44. The Morgan fingerprint density at radius 2 is 1.55 bits per heavy atom. The van der Waals surface area contributed by atoms with Crippen molar-refractivity contribution >= 4 is 10.5 Å². The molecule has 0 unspecified atom stereocenters. The molecule has 0 radical (unpaired) electrons. The molecule has 1 aromatic carbocycles. The number of hydrogen-bond acceptors (Lipinski definition) is 1. The predicted octanol–water partition coefficient (Wildman–Crippen LogP) is 3.67. The number of unbranched alkanes of at least 4 members (excludes halogenated alkanes) is 3. The molecule has 0 bridgehead atoms. The second kappa shape index (κ2) is 7.83. The van der Waals surface area contributed by atoms with E-state index in [2.05, 4.69) is 13.8 Å². The molecule has 20 heavy (non-hydrogen) atoms. The number of hydrogen-bond donors (Lipinski definition) is 0. The van der Waals surface area contributed by atoms with Crippen molar-refractivity contribution in [2.75, 3.05) is 0 Å². The highest BCUT2D eigenvalue weighted by atomic mass is 28.2. The molecule has 0 saturated heterocycles. The maximum absolute atomic E-state index is 13.4. The number of rotatable bonds is 8. The van der Waals surface area contributed by atoms with Crippen LogP contribution in [0.3, 0.4) is 0 Å². The second-order valence-corrected chi connectivity index (χ2v) is 6.13. The van der Waals surface area contributed by atoms with Gasteiger partial charge < -0.3 is 4.43 Å². The van der Waals surface area contributed by atoms with E-state index in [1.54, 1.807) is 0 Å². The van der Waals surface area contributed by atoms with Gasteiger partial charge in [0.2, 0.25) is 0 Å². The molecule has 0 saturated carbocycles. The van der Waals surface area contributed by atoms with E-state index in [1.807, 2.05) is 0 Å². The minimum absolute atomic E-state index is 0.00498. The van der Waals surface area contributed by atoms with Gasteiger partial charge in [-0.05, 0) is 33.1 Å². The summed E-state index contributed by atoms with van der Waals surface area (Å²) in [7, 11) is 0.733. The number of halogens is 3. The van der Waals surface area contributed by atoms with E-state index in [1.165, 1.54) is 0 Å². The predicted molar refractivity (Wildman–Crippen MR) is 78.2 cm³/mol. The highest BCUT2D eigenvalue weighted by Gasteiger charge is 2.14. The molecule has 0 fully saturated rings. The number of benzene rings is 1. The first kappa shape index (κ1) is 17.2. The van der Waals surface area contributed by atoms with E-state index in [0.29, 0.717) is 12.8 Å². The molecule has 1 aromatic rings. The molecule has 1 rings (SSSR count). The fraction of sp³-hybridized carbons (Fsp3) is 0.600.